The number of ketones is 1. The van der Waals surface area contributed by atoms with Gasteiger partial charge in [0.1, 0.15) is 6.61 Å². The first kappa shape index (κ1) is 29.6. The Labute approximate surface area is 235 Å². The quantitative estimate of drug-likeness (QED) is 0.275. The number of carbonyl (C=O) groups excluding carboxylic acids is 2. The van der Waals surface area contributed by atoms with E-state index in [0.29, 0.717) is 46.2 Å². The fourth-order valence-electron chi connectivity index (χ4n) is 5.27. The molecule has 1 N–H and O–H groups in total. The van der Waals surface area contributed by atoms with Gasteiger partial charge in [-0.3, -0.25) is 4.79 Å². The molecule has 0 saturated carbocycles. The number of alkyl halides is 3. The zero-order valence-electron chi connectivity index (χ0n) is 22.8. The summed E-state index contributed by atoms with van der Waals surface area (Å²) in [4.78, 5) is 27.1. The molecule has 0 radical (unpaired) electrons. The molecule has 4 rings (SSSR count). The summed E-state index contributed by atoms with van der Waals surface area (Å²) in [6.07, 6.45) is -3.86. The smallest absolute Gasteiger partial charge is 0.416 e. The van der Waals surface area contributed by atoms with Gasteiger partial charge in [0.05, 0.1) is 25.4 Å². The number of carbonyl (C=O) groups is 2. The molecule has 1 aliphatic carbocycles. The van der Waals surface area contributed by atoms with E-state index in [2.05, 4.69) is 5.32 Å². The van der Waals surface area contributed by atoms with Crippen LogP contribution < -0.4 is 14.8 Å². The summed E-state index contributed by atoms with van der Waals surface area (Å²) in [6.45, 7) is 3.92. The molecule has 2 aromatic carbocycles. The molecule has 214 valence electrons. The number of hydrogen-bond acceptors (Lipinski definition) is 7. The maximum Gasteiger partial charge on any atom is 0.416 e. The number of Topliss-reactive ketones (excluding diaryl/α,β-unsaturated/α-hetero) is 1. The molecule has 0 bridgehead atoms. The van der Waals surface area contributed by atoms with Crippen molar-refractivity contribution in [3.8, 4) is 11.5 Å². The largest absolute Gasteiger partial charge is 0.493 e. The summed E-state index contributed by atoms with van der Waals surface area (Å²) in [5.74, 6) is 0.835. The van der Waals surface area contributed by atoms with Gasteiger partial charge in [-0.05, 0) is 60.4 Å². The molecular weight excluding hydrogens is 543 g/mol. The SMILES string of the molecule is CCSCCOC(=O)C1=C(C)NC2=C(C(=O)C[C@@H](c3ccc(OC)c(OC)c3)C2)[C@H]1c1ccc(C(F)(F)F)cc1. The van der Waals surface area contributed by atoms with Gasteiger partial charge in [0.15, 0.2) is 17.3 Å². The molecule has 0 saturated heterocycles. The van der Waals surface area contributed by atoms with E-state index in [1.54, 1.807) is 39.0 Å². The molecule has 2 aliphatic rings. The van der Waals surface area contributed by atoms with Crippen LogP contribution in [0.25, 0.3) is 0 Å². The van der Waals surface area contributed by atoms with E-state index in [1.165, 1.54) is 12.1 Å². The van der Waals surface area contributed by atoms with E-state index in [0.717, 1.165) is 23.4 Å². The molecule has 0 aromatic heterocycles. The summed E-state index contributed by atoms with van der Waals surface area (Å²) in [5.41, 5.74) is 2.30. The third kappa shape index (κ3) is 6.16. The van der Waals surface area contributed by atoms with Crippen LogP contribution in [0.4, 0.5) is 13.2 Å². The van der Waals surface area contributed by atoms with Crippen LogP contribution in [-0.2, 0) is 20.5 Å². The number of hydrogen-bond donors (Lipinski definition) is 1. The minimum absolute atomic E-state index is 0.167. The van der Waals surface area contributed by atoms with Crippen molar-refractivity contribution >= 4 is 23.5 Å². The van der Waals surface area contributed by atoms with Crippen molar-refractivity contribution in [1.82, 2.24) is 5.32 Å². The van der Waals surface area contributed by atoms with Crippen LogP contribution in [-0.4, -0.2) is 44.1 Å². The van der Waals surface area contributed by atoms with Crippen LogP contribution in [0.3, 0.4) is 0 Å². The minimum atomic E-state index is -4.51. The van der Waals surface area contributed by atoms with E-state index < -0.39 is 23.6 Å². The number of ether oxygens (including phenoxy) is 3. The molecule has 40 heavy (non-hydrogen) atoms. The summed E-state index contributed by atoms with van der Waals surface area (Å²) in [6, 6.07) is 10.2. The second-order valence-corrected chi connectivity index (χ2v) is 11.0. The summed E-state index contributed by atoms with van der Waals surface area (Å²) in [7, 11) is 3.09. The van der Waals surface area contributed by atoms with Crippen molar-refractivity contribution in [2.24, 2.45) is 0 Å². The Morgan fingerprint density at radius 1 is 1.02 bits per heavy atom. The lowest BCUT2D eigenvalue weighted by Crippen LogP contribution is -2.36. The minimum Gasteiger partial charge on any atom is -0.493 e. The van der Waals surface area contributed by atoms with Gasteiger partial charge in [-0.25, -0.2) is 4.79 Å². The zero-order valence-corrected chi connectivity index (χ0v) is 23.6. The van der Waals surface area contributed by atoms with Crippen molar-refractivity contribution in [3.63, 3.8) is 0 Å². The number of thioether (sulfide) groups is 1. The van der Waals surface area contributed by atoms with Gasteiger partial charge in [0.2, 0.25) is 0 Å². The second-order valence-electron chi connectivity index (χ2n) is 9.58. The van der Waals surface area contributed by atoms with Gasteiger partial charge < -0.3 is 19.5 Å². The van der Waals surface area contributed by atoms with Crippen molar-refractivity contribution in [3.05, 3.63) is 81.7 Å². The molecule has 0 amide bonds. The number of benzene rings is 2. The number of methoxy groups -OCH3 is 2. The van der Waals surface area contributed by atoms with Gasteiger partial charge in [0.25, 0.3) is 0 Å². The molecule has 2 atom stereocenters. The van der Waals surface area contributed by atoms with E-state index in [4.69, 9.17) is 14.2 Å². The highest BCUT2D eigenvalue weighted by Gasteiger charge is 2.42. The average molecular weight is 576 g/mol. The lowest BCUT2D eigenvalue weighted by Gasteiger charge is -2.37. The first-order valence-corrected chi connectivity index (χ1v) is 14.1. The highest BCUT2D eigenvalue weighted by atomic mass is 32.2. The Kier molecular flexibility index (Phi) is 9.18. The number of halogens is 3. The molecular formula is C30H32F3NO5S. The topological polar surface area (TPSA) is 73.9 Å². The molecule has 0 fully saturated rings. The van der Waals surface area contributed by atoms with Crippen molar-refractivity contribution < 1.29 is 37.0 Å². The van der Waals surface area contributed by atoms with Gasteiger partial charge in [-0.1, -0.05) is 25.1 Å². The maximum absolute atomic E-state index is 13.8. The van der Waals surface area contributed by atoms with Crippen molar-refractivity contribution in [2.45, 2.75) is 44.7 Å². The standard InChI is InChI=1S/C30H32F3NO5S/c1-5-40-13-12-39-29(36)26-17(2)34-22-14-20(19-8-11-24(37-3)25(16-19)38-4)15-23(35)28(22)27(26)18-6-9-21(10-7-18)30(31,32)33/h6-11,16,20,27,34H,5,12-15H2,1-4H3/t20-,27-/m0/s1. The van der Waals surface area contributed by atoms with Crippen molar-refractivity contribution in [2.75, 3.05) is 32.3 Å². The van der Waals surface area contributed by atoms with Crippen LogP contribution in [0.1, 0.15) is 55.2 Å². The fraction of sp³-hybridized carbons (Fsp3) is 0.400. The molecule has 2 aromatic rings. The number of esters is 1. The summed E-state index contributed by atoms with van der Waals surface area (Å²) < 4.78 is 56.2. The zero-order chi connectivity index (χ0) is 29.0. The Morgan fingerprint density at radius 3 is 2.33 bits per heavy atom. The highest BCUT2D eigenvalue weighted by molar-refractivity contribution is 7.99. The van der Waals surface area contributed by atoms with Crippen LogP contribution in [0.15, 0.2) is 65.0 Å². The van der Waals surface area contributed by atoms with E-state index in [9.17, 15) is 22.8 Å². The number of allylic oxidation sites excluding steroid dienone is 3. The first-order chi connectivity index (χ1) is 19.1. The normalized spacial score (nSPS) is 19.2. The first-order valence-electron chi connectivity index (χ1n) is 13.0. The average Bonchev–Trinajstić information content (AvgIpc) is 2.93. The van der Waals surface area contributed by atoms with Crippen molar-refractivity contribution in [1.29, 1.82) is 0 Å². The molecule has 1 aliphatic heterocycles. The fourth-order valence-corrected chi connectivity index (χ4v) is 5.76. The molecule has 6 nitrogen and oxygen atoms in total. The monoisotopic (exact) mass is 575 g/mol. The van der Waals surface area contributed by atoms with Gasteiger partial charge in [-0.2, -0.15) is 24.9 Å². The molecule has 10 heteroatoms. The lowest BCUT2D eigenvalue weighted by molar-refractivity contribution is -0.139. The van der Waals surface area contributed by atoms with Crippen LogP contribution in [0.2, 0.25) is 0 Å². The predicted octanol–water partition coefficient (Wildman–Crippen LogP) is 6.38. The number of dihydropyridines is 1. The third-order valence-corrected chi connectivity index (χ3v) is 8.03. The van der Waals surface area contributed by atoms with E-state index >= 15 is 0 Å². The van der Waals surface area contributed by atoms with E-state index in [1.807, 2.05) is 19.1 Å². The third-order valence-electron chi connectivity index (χ3n) is 7.16. The summed E-state index contributed by atoms with van der Waals surface area (Å²) >= 11 is 1.62. The second kappa shape index (κ2) is 12.4. The molecule has 0 unspecified atom stereocenters. The Bertz CT molecular complexity index is 1330. The maximum atomic E-state index is 13.8. The Balaban J connectivity index is 1.73. The van der Waals surface area contributed by atoms with Gasteiger partial charge in [0, 0.05) is 35.1 Å². The number of nitrogens with one attached hydrogen (secondary N) is 1. The van der Waals surface area contributed by atoms with Crippen LogP contribution in [0.5, 0.6) is 11.5 Å². The van der Waals surface area contributed by atoms with Crippen LogP contribution in [0, 0.1) is 0 Å². The lowest BCUT2D eigenvalue weighted by atomic mass is 9.71. The Hall–Kier alpha value is -3.40. The molecule has 0 spiro atoms. The van der Waals surface area contributed by atoms with E-state index in [-0.39, 0.29) is 30.3 Å². The number of rotatable bonds is 9. The Morgan fingerprint density at radius 2 is 1.70 bits per heavy atom. The molecule has 1 heterocycles. The predicted molar refractivity (Wildman–Crippen MR) is 148 cm³/mol. The van der Waals surface area contributed by atoms with Gasteiger partial charge >= 0.3 is 12.1 Å². The highest BCUT2D eigenvalue weighted by Crippen LogP contribution is 2.47. The summed E-state index contributed by atoms with van der Waals surface area (Å²) in [5, 5.41) is 3.26. The van der Waals surface area contributed by atoms with Gasteiger partial charge in [-0.15, -0.1) is 0 Å². The van der Waals surface area contributed by atoms with Crippen LogP contribution >= 0.6 is 11.8 Å².